The number of nitrogens with one attached hydrogen (secondary N) is 1. The van der Waals surface area contributed by atoms with Crippen molar-refractivity contribution in [2.75, 3.05) is 13.2 Å². The maximum absolute atomic E-state index is 11.6. The highest BCUT2D eigenvalue weighted by molar-refractivity contribution is 7.89. The summed E-state index contributed by atoms with van der Waals surface area (Å²) in [6, 6.07) is 0. The second kappa shape index (κ2) is 5.08. The quantitative estimate of drug-likeness (QED) is 0.692. The first-order valence-corrected chi connectivity index (χ1v) is 6.07. The number of ether oxygens (including phenoxy) is 1. The van der Waals surface area contributed by atoms with E-state index in [9.17, 15) is 13.2 Å². The molecule has 0 aliphatic heterocycles. The lowest BCUT2D eigenvalue weighted by Gasteiger charge is -2.03. The van der Waals surface area contributed by atoms with Crippen LogP contribution in [0.15, 0.2) is 17.6 Å². The van der Waals surface area contributed by atoms with Crippen molar-refractivity contribution >= 4 is 16.0 Å². The molecule has 0 aliphatic rings. The summed E-state index contributed by atoms with van der Waals surface area (Å²) in [5.74, 6) is -0.623. The number of carbonyl (C=O) groups excluding carboxylic acids is 1. The Bertz CT molecular complexity index is 465. The minimum atomic E-state index is -3.74. The van der Waals surface area contributed by atoms with E-state index >= 15 is 0 Å². The first-order valence-electron chi connectivity index (χ1n) is 4.59. The number of nitrogens with zero attached hydrogens (tertiary/aromatic N) is 2. The fourth-order valence-corrected chi connectivity index (χ4v) is 1.91. The number of sulfonamides is 1. The Labute approximate surface area is 93.5 Å². The molecular weight excluding hydrogens is 234 g/mol. The molecule has 1 aromatic heterocycles. The Hall–Kier alpha value is -1.41. The molecule has 7 nitrogen and oxygen atoms in total. The predicted molar refractivity (Wildman–Crippen MR) is 55.0 cm³/mol. The number of hydrogen-bond donors (Lipinski definition) is 1. The van der Waals surface area contributed by atoms with Crippen molar-refractivity contribution in [1.29, 1.82) is 0 Å². The average Bonchev–Trinajstić information content (AvgIpc) is 2.63. The van der Waals surface area contributed by atoms with E-state index in [2.05, 4.69) is 14.4 Å². The van der Waals surface area contributed by atoms with Crippen LogP contribution >= 0.6 is 0 Å². The molecule has 0 aromatic carbocycles. The third-order valence-electron chi connectivity index (χ3n) is 1.67. The Balaban J connectivity index is 2.63. The van der Waals surface area contributed by atoms with Crippen molar-refractivity contribution in [3.05, 3.63) is 12.5 Å². The maximum atomic E-state index is 11.6. The van der Waals surface area contributed by atoms with Gasteiger partial charge in [-0.1, -0.05) is 0 Å². The topological polar surface area (TPSA) is 90.3 Å². The van der Waals surface area contributed by atoms with E-state index in [1.807, 2.05) is 0 Å². The molecule has 0 saturated carbocycles. The molecule has 0 unspecified atom stereocenters. The van der Waals surface area contributed by atoms with Crippen LogP contribution in [0.25, 0.3) is 0 Å². The predicted octanol–water partition coefficient (Wildman–Crippen LogP) is -0.738. The van der Waals surface area contributed by atoms with E-state index in [1.165, 1.54) is 17.1 Å². The Morgan fingerprint density at radius 3 is 2.81 bits per heavy atom. The summed E-state index contributed by atoms with van der Waals surface area (Å²) in [6.07, 6.45) is 2.70. The molecule has 0 spiro atoms. The summed E-state index contributed by atoms with van der Waals surface area (Å²) in [6.45, 7) is 1.46. The third-order valence-corrected chi connectivity index (χ3v) is 2.95. The SMILES string of the molecule is CCOC(=O)CNS(=O)(=O)c1cn(C)cn1. The molecule has 0 saturated heterocycles. The van der Waals surface area contributed by atoms with Gasteiger partial charge in [-0.3, -0.25) is 4.79 Å². The first-order chi connectivity index (χ1) is 7.45. The van der Waals surface area contributed by atoms with E-state index in [1.54, 1.807) is 14.0 Å². The van der Waals surface area contributed by atoms with Crippen LogP contribution in [0.5, 0.6) is 0 Å². The fraction of sp³-hybridized carbons (Fsp3) is 0.500. The Morgan fingerprint density at radius 2 is 2.31 bits per heavy atom. The monoisotopic (exact) mass is 247 g/mol. The Kier molecular flexibility index (Phi) is 4.02. The van der Waals surface area contributed by atoms with Gasteiger partial charge in [0.1, 0.15) is 6.54 Å². The molecule has 8 heteroatoms. The van der Waals surface area contributed by atoms with Crippen molar-refractivity contribution in [1.82, 2.24) is 14.3 Å². The van der Waals surface area contributed by atoms with Crippen LogP contribution in [0.2, 0.25) is 0 Å². The van der Waals surface area contributed by atoms with Gasteiger partial charge in [-0.2, -0.15) is 4.72 Å². The van der Waals surface area contributed by atoms with Crippen LogP contribution in [0.1, 0.15) is 6.92 Å². The number of hydrogen-bond acceptors (Lipinski definition) is 5. The lowest BCUT2D eigenvalue weighted by atomic mass is 10.7. The number of rotatable bonds is 5. The minimum absolute atomic E-state index is 0.126. The second-order valence-corrected chi connectivity index (χ2v) is 4.72. The molecule has 16 heavy (non-hydrogen) atoms. The molecule has 0 amide bonds. The summed E-state index contributed by atoms with van der Waals surface area (Å²) < 4.78 is 31.3. The molecule has 90 valence electrons. The lowest BCUT2D eigenvalue weighted by molar-refractivity contribution is -0.141. The molecular formula is C8H13N3O4S. The van der Waals surface area contributed by atoms with Crippen LogP contribution in [-0.2, 0) is 26.6 Å². The normalized spacial score (nSPS) is 11.4. The first kappa shape index (κ1) is 12.7. The van der Waals surface area contributed by atoms with Crippen LogP contribution in [0, 0.1) is 0 Å². The van der Waals surface area contributed by atoms with Gasteiger partial charge in [-0.15, -0.1) is 0 Å². The number of aryl methyl sites for hydroxylation is 1. The molecule has 0 fully saturated rings. The summed E-state index contributed by atoms with van der Waals surface area (Å²) >= 11 is 0. The number of aromatic nitrogens is 2. The zero-order chi connectivity index (χ0) is 12.2. The van der Waals surface area contributed by atoms with Gasteiger partial charge in [-0.05, 0) is 6.92 Å². The van der Waals surface area contributed by atoms with Crippen molar-refractivity contribution in [2.45, 2.75) is 11.9 Å². The highest BCUT2D eigenvalue weighted by atomic mass is 32.2. The van der Waals surface area contributed by atoms with Gasteiger partial charge in [0.25, 0.3) is 10.0 Å². The van der Waals surface area contributed by atoms with Crippen LogP contribution < -0.4 is 4.72 Å². The average molecular weight is 247 g/mol. The van der Waals surface area contributed by atoms with Crippen molar-refractivity contribution < 1.29 is 17.9 Å². The van der Waals surface area contributed by atoms with Crippen LogP contribution in [0.3, 0.4) is 0 Å². The molecule has 1 N–H and O–H groups in total. The van der Waals surface area contributed by atoms with Gasteiger partial charge in [0.05, 0.1) is 12.9 Å². The fourth-order valence-electron chi connectivity index (χ4n) is 0.968. The minimum Gasteiger partial charge on any atom is -0.465 e. The molecule has 1 aromatic rings. The molecule has 0 atom stereocenters. The van der Waals surface area contributed by atoms with Crippen LogP contribution in [0.4, 0.5) is 0 Å². The van der Waals surface area contributed by atoms with Crippen molar-refractivity contribution in [2.24, 2.45) is 7.05 Å². The highest BCUT2D eigenvalue weighted by Crippen LogP contribution is 2.03. The summed E-state index contributed by atoms with van der Waals surface area (Å²) in [7, 11) is -2.09. The molecule has 1 rings (SSSR count). The summed E-state index contributed by atoms with van der Waals surface area (Å²) in [4.78, 5) is 14.6. The van der Waals surface area contributed by atoms with Gasteiger partial charge < -0.3 is 9.30 Å². The van der Waals surface area contributed by atoms with Gasteiger partial charge in [0.2, 0.25) is 0 Å². The van der Waals surface area contributed by atoms with Crippen molar-refractivity contribution in [3.63, 3.8) is 0 Å². The molecule has 0 radical (unpaired) electrons. The van der Waals surface area contributed by atoms with E-state index in [4.69, 9.17) is 0 Å². The number of carbonyl (C=O) groups is 1. The van der Waals surface area contributed by atoms with E-state index in [0.29, 0.717) is 0 Å². The third kappa shape index (κ3) is 3.31. The van der Waals surface area contributed by atoms with Crippen LogP contribution in [-0.4, -0.2) is 37.1 Å². The number of esters is 1. The number of imidazole rings is 1. The lowest BCUT2D eigenvalue weighted by Crippen LogP contribution is -2.30. The Morgan fingerprint density at radius 1 is 1.62 bits per heavy atom. The van der Waals surface area contributed by atoms with E-state index in [-0.39, 0.29) is 11.6 Å². The molecule has 1 heterocycles. The maximum Gasteiger partial charge on any atom is 0.321 e. The highest BCUT2D eigenvalue weighted by Gasteiger charge is 2.18. The molecule has 0 aliphatic carbocycles. The van der Waals surface area contributed by atoms with E-state index < -0.39 is 22.5 Å². The van der Waals surface area contributed by atoms with Gasteiger partial charge in [-0.25, -0.2) is 13.4 Å². The van der Waals surface area contributed by atoms with Gasteiger partial charge in [0.15, 0.2) is 5.03 Å². The van der Waals surface area contributed by atoms with Crippen molar-refractivity contribution in [3.8, 4) is 0 Å². The van der Waals surface area contributed by atoms with Gasteiger partial charge in [0, 0.05) is 13.2 Å². The summed E-state index contributed by atoms with van der Waals surface area (Å²) in [5, 5.41) is -0.126. The van der Waals surface area contributed by atoms with Gasteiger partial charge >= 0.3 is 5.97 Å². The second-order valence-electron chi connectivity index (χ2n) is 3.01. The largest absolute Gasteiger partial charge is 0.465 e. The van der Waals surface area contributed by atoms with E-state index in [0.717, 1.165) is 0 Å². The zero-order valence-corrected chi connectivity index (χ0v) is 9.82. The standard InChI is InChI=1S/C8H13N3O4S/c1-3-15-8(12)4-10-16(13,14)7-5-11(2)6-9-7/h5-6,10H,3-4H2,1-2H3. The molecule has 0 bridgehead atoms. The smallest absolute Gasteiger partial charge is 0.321 e. The zero-order valence-electron chi connectivity index (χ0n) is 9.00. The summed E-state index contributed by atoms with van der Waals surface area (Å²) in [5.41, 5.74) is 0.